The summed E-state index contributed by atoms with van der Waals surface area (Å²) in [4.78, 5) is 12.2. The topological polar surface area (TPSA) is 75.3 Å². The van der Waals surface area contributed by atoms with Gasteiger partial charge in [0.2, 0.25) is 11.7 Å². The number of halogens is 1. The van der Waals surface area contributed by atoms with Gasteiger partial charge in [0.25, 0.3) is 0 Å². The van der Waals surface area contributed by atoms with Crippen LogP contribution in [0.1, 0.15) is 11.1 Å². The van der Waals surface area contributed by atoms with Crippen LogP contribution in [-0.4, -0.2) is 41.5 Å². The highest BCUT2D eigenvalue weighted by Crippen LogP contribution is 2.39. The largest absolute Gasteiger partial charge is 0.493 e. The molecular weight excluding hydrogens is 398 g/mol. The number of hydrogen-bond donors (Lipinski definition) is 1. The molecule has 2 rings (SSSR count). The Morgan fingerprint density at radius 3 is 2.00 bits per heavy atom. The first-order valence-electron chi connectivity index (χ1n) is 8.64. The van der Waals surface area contributed by atoms with Crippen LogP contribution in [0.3, 0.4) is 0 Å². The van der Waals surface area contributed by atoms with Crippen molar-refractivity contribution in [1.29, 1.82) is 0 Å². The van der Waals surface area contributed by atoms with E-state index < -0.39 is 0 Å². The molecule has 0 spiro atoms. The Morgan fingerprint density at radius 2 is 1.48 bits per heavy atom. The Morgan fingerprint density at radius 1 is 0.897 bits per heavy atom. The third kappa shape index (κ3) is 5.26. The number of carbonyl (C=O) groups is 1. The third-order valence-electron chi connectivity index (χ3n) is 4.12. The highest BCUT2D eigenvalue weighted by molar-refractivity contribution is 6.33. The van der Waals surface area contributed by atoms with Crippen molar-refractivity contribution in [2.75, 3.05) is 35.5 Å². The van der Waals surface area contributed by atoms with E-state index in [1.54, 1.807) is 30.3 Å². The summed E-state index contributed by atoms with van der Waals surface area (Å²) in [6.45, 7) is 0.277. The van der Waals surface area contributed by atoms with Gasteiger partial charge < -0.3 is 29.0 Å². The van der Waals surface area contributed by atoms with Gasteiger partial charge in [-0.2, -0.15) is 0 Å². The van der Waals surface area contributed by atoms with E-state index in [9.17, 15) is 4.79 Å². The maximum Gasteiger partial charge on any atom is 0.244 e. The predicted molar refractivity (Wildman–Crippen MR) is 112 cm³/mol. The van der Waals surface area contributed by atoms with E-state index in [1.807, 2.05) is 0 Å². The zero-order valence-electron chi connectivity index (χ0n) is 17.0. The molecule has 0 aliphatic heterocycles. The minimum absolute atomic E-state index is 0.277. The van der Waals surface area contributed by atoms with Crippen LogP contribution in [0.2, 0.25) is 5.02 Å². The van der Waals surface area contributed by atoms with Gasteiger partial charge in [0.05, 0.1) is 40.6 Å². The summed E-state index contributed by atoms with van der Waals surface area (Å²) in [6, 6.07) is 7.01. The molecule has 0 atom stereocenters. The van der Waals surface area contributed by atoms with Crippen LogP contribution in [0, 0.1) is 0 Å². The third-order valence-corrected chi connectivity index (χ3v) is 4.51. The molecule has 29 heavy (non-hydrogen) atoms. The average Bonchev–Trinajstić information content (AvgIpc) is 2.75. The minimum atomic E-state index is -0.287. The molecule has 8 heteroatoms. The second kappa shape index (κ2) is 10.5. The Balaban J connectivity index is 2.11. The monoisotopic (exact) mass is 421 g/mol. The Kier molecular flexibility index (Phi) is 8.03. The summed E-state index contributed by atoms with van der Waals surface area (Å²) in [5.74, 6) is 2.17. The molecule has 0 unspecified atom stereocenters. The smallest absolute Gasteiger partial charge is 0.244 e. The van der Waals surface area contributed by atoms with E-state index in [4.69, 9.17) is 35.3 Å². The van der Waals surface area contributed by atoms with Crippen molar-refractivity contribution in [2.24, 2.45) is 0 Å². The maximum atomic E-state index is 12.2. The lowest BCUT2D eigenvalue weighted by Gasteiger charge is -2.14. The minimum Gasteiger partial charge on any atom is -0.493 e. The van der Waals surface area contributed by atoms with Crippen molar-refractivity contribution in [3.8, 4) is 28.7 Å². The molecule has 0 saturated carbocycles. The summed E-state index contributed by atoms with van der Waals surface area (Å²) >= 11 is 6.32. The molecule has 2 aromatic carbocycles. The molecule has 1 amide bonds. The SMILES string of the molecule is COc1cc(CNC(=O)/C=C/c2ccc(OC)c(OC)c2Cl)cc(OC)c1OC. The maximum absolute atomic E-state index is 12.2. The molecule has 0 heterocycles. The second-order valence-corrected chi connectivity index (χ2v) is 6.17. The predicted octanol–water partition coefficient (Wildman–Crippen LogP) is 3.71. The Hall–Kier alpha value is -3.06. The number of ether oxygens (including phenoxy) is 5. The zero-order chi connectivity index (χ0) is 21.4. The van der Waals surface area contributed by atoms with Gasteiger partial charge in [-0.3, -0.25) is 4.79 Å². The molecule has 0 aliphatic rings. The van der Waals surface area contributed by atoms with Gasteiger partial charge in [-0.15, -0.1) is 0 Å². The number of carbonyl (C=O) groups excluding carboxylic acids is 1. The summed E-state index contributed by atoms with van der Waals surface area (Å²) in [7, 11) is 7.64. The van der Waals surface area contributed by atoms with E-state index in [-0.39, 0.29) is 12.5 Å². The molecule has 0 fully saturated rings. The van der Waals surface area contributed by atoms with Gasteiger partial charge in [0.1, 0.15) is 0 Å². The van der Waals surface area contributed by atoms with Gasteiger partial charge in [-0.1, -0.05) is 11.6 Å². The molecule has 0 bridgehead atoms. The van der Waals surface area contributed by atoms with Crippen molar-refractivity contribution in [1.82, 2.24) is 5.32 Å². The molecule has 0 radical (unpaired) electrons. The first-order valence-corrected chi connectivity index (χ1v) is 9.02. The van der Waals surface area contributed by atoms with E-state index in [2.05, 4.69) is 5.32 Å². The number of benzene rings is 2. The molecule has 156 valence electrons. The van der Waals surface area contributed by atoms with Crippen LogP contribution in [0.4, 0.5) is 0 Å². The van der Waals surface area contributed by atoms with E-state index >= 15 is 0 Å². The van der Waals surface area contributed by atoms with E-state index in [1.165, 1.54) is 41.6 Å². The summed E-state index contributed by atoms with van der Waals surface area (Å²) in [5.41, 5.74) is 1.43. The molecule has 0 aliphatic carbocycles. The summed E-state index contributed by atoms with van der Waals surface area (Å²) < 4.78 is 26.4. The number of hydrogen-bond acceptors (Lipinski definition) is 6. The lowest BCUT2D eigenvalue weighted by atomic mass is 10.1. The molecule has 7 nitrogen and oxygen atoms in total. The molecule has 1 N–H and O–H groups in total. The van der Waals surface area contributed by atoms with Crippen molar-refractivity contribution >= 4 is 23.6 Å². The lowest BCUT2D eigenvalue weighted by molar-refractivity contribution is -0.116. The van der Waals surface area contributed by atoms with Crippen molar-refractivity contribution in [2.45, 2.75) is 6.54 Å². The fourth-order valence-corrected chi connectivity index (χ4v) is 2.98. The highest BCUT2D eigenvalue weighted by Gasteiger charge is 2.14. The van der Waals surface area contributed by atoms with Gasteiger partial charge in [0.15, 0.2) is 23.0 Å². The average molecular weight is 422 g/mol. The fourth-order valence-electron chi connectivity index (χ4n) is 2.68. The highest BCUT2D eigenvalue weighted by atomic mass is 35.5. The van der Waals surface area contributed by atoms with Crippen LogP contribution < -0.4 is 29.0 Å². The normalized spacial score (nSPS) is 10.6. The number of rotatable bonds is 9. The Bertz CT molecular complexity index is 872. The molecular formula is C21H24ClNO6. The molecule has 0 aromatic heterocycles. The van der Waals surface area contributed by atoms with Crippen molar-refractivity contribution in [3.05, 3.63) is 46.5 Å². The zero-order valence-corrected chi connectivity index (χ0v) is 17.8. The lowest BCUT2D eigenvalue weighted by Crippen LogP contribution is -2.20. The van der Waals surface area contributed by atoms with Crippen molar-refractivity contribution in [3.63, 3.8) is 0 Å². The second-order valence-electron chi connectivity index (χ2n) is 5.79. The van der Waals surface area contributed by atoms with Crippen LogP contribution in [0.5, 0.6) is 28.7 Å². The first-order chi connectivity index (χ1) is 14.0. The Labute approximate surface area is 175 Å². The number of methoxy groups -OCH3 is 5. The van der Waals surface area contributed by atoms with E-state index in [0.717, 1.165) is 5.56 Å². The van der Waals surface area contributed by atoms with E-state index in [0.29, 0.717) is 39.3 Å². The van der Waals surface area contributed by atoms with Crippen LogP contribution >= 0.6 is 11.6 Å². The van der Waals surface area contributed by atoms with Gasteiger partial charge in [-0.05, 0) is 41.5 Å². The summed E-state index contributed by atoms with van der Waals surface area (Å²) in [5, 5.41) is 3.16. The molecule has 0 saturated heterocycles. The quantitative estimate of drug-likeness (QED) is 0.622. The first kappa shape index (κ1) is 22.2. The van der Waals surface area contributed by atoms with Crippen molar-refractivity contribution < 1.29 is 28.5 Å². The number of nitrogens with one attached hydrogen (secondary N) is 1. The fraction of sp³-hybridized carbons (Fsp3) is 0.286. The van der Waals surface area contributed by atoms with Gasteiger partial charge in [-0.25, -0.2) is 0 Å². The molecule has 2 aromatic rings. The van der Waals surface area contributed by atoms with Crippen LogP contribution in [0.15, 0.2) is 30.3 Å². The van der Waals surface area contributed by atoms with Crippen LogP contribution in [0.25, 0.3) is 6.08 Å². The van der Waals surface area contributed by atoms with Gasteiger partial charge >= 0.3 is 0 Å². The number of amides is 1. The van der Waals surface area contributed by atoms with Gasteiger partial charge in [0, 0.05) is 12.6 Å². The van der Waals surface area contributed by atoms with Crippen LogP contribution in [-0.2, 0) is 11.3 Å². The standard InChI is InChI=1S/C21H24ClNO6/c1-25-15-8-6-14(19(22)21(15)29-5)7-9-18(24)23-12-13-10-16(26-2)20(28-4)17(11-13)27-3/h6-11H,12H2,1-5H3,(H,23,24)/b9-7+. The summed E-state index contributed by atoms with van der Waals surface area (Å²) in [6.07, 6.45) is 3.00.